The highest BCUT2D eigenvalue weighted by molar-refractivity contribution is 7.89. The third-order valence-corrected chi connectivity index (χ3v) is 6.34. The van der Waals surface area contributed by atoms with E-state index in [-0.39, 0.29) is 16.8 Å². The van der Waals surface area contributed by atoms with Gasteiger partial charge in [-0.3, -0.25) is 8.61 Å². The van der Waals surface area contributed by atoms with E-state index in [1.54, 1.807) is 31.8 Å². The second-order valence-electron chi connectivity index (χ2n) is 4.23. The van der Waals surface area contributed by atoms with Crippen LogP contribution in [0, 0.1) is 0 Å². The molecule has 2 aromatic rings. The zero-order valence-corrected chi connectivity index (χ0v) is 13.7. The number of nitrogens with zero attached hydrogens (tertiary/aromatic N) is 2. The van der Waals surface area contributed by atoms with E-state index < -0.39 is 20.8 Å². The van der Waals surface area contributed by atoms with Crippen molar-refractivity contribution in [1.82, 2.24) is 14.1 Å². The van der Waals surface area contributed by atoms with Crippen molar-refractivity contribution >= 4 is 42.9 Å². The summed E-state index contributed by atoms with van der Waals surface area (Å²) in [6.45, 7) is 1.85. The molecule has 0 aromatic carbocycles. The Balaban J connectivity index is 2.36. The summed E-state index contributed by atoms with van der Waals surface area (Å²) in [6.07, 6.45) is 3.21. The number of imidazole rings is 1. The fraction of sp³-hybridized carbons (Fsp3) is 0.500. The smallest absolute Gasteiger partial charge is 0.260 e. The van der Waals surface area contributed by atoms with Crippen molar-refractivity contribution in [2.45, 2.75) is 17.2 Å². The van der Waals surface area contributed by atoms with Gasteiger partial charge in [0.1, 0.15) is 0 Å². The average Bonchev–Trinajstić information content (AvgIpc) is 2.94. The first-order valence-electron chi connectivity index (χ1n) is 5.82. The summed E-state index contributed by atoms with van der Waals surface area (Å²) in [6, 6.07) is 0. The van der Waals surface area contributed by atoms with E-state index in [9.17, 15) is 12.6 Å². The lowest BCUT2D eigenvalue weighted by Gasteiger charge is -2.11. The summed E-state index contributed by atoms with van der Waals surface area (Å²) in [5, 5.41) is 4.37. The zero-order valence-electron chi connectivity index (χ0n) is 11.3. The number of anilines is 1. The minimum Gasteiger partial charge on any atom is -0.371 e. The summed E-state index contributed by atoms with van der Waals surface area (Å²) >= 11 is 1.35. The van der Waals surface area contributed by atoms with Crippen LogP contribution in [0.1, 0.15) is 6.92 Å². The van der Waals surface area contributed by atoms with Gasteiger partial charge in [0.2, 0.25) is 0 Å². The van der Waals surface area contributed by atoms with Crippen LogP contribution >= 0.6 is 11.3 Å². The Labute approximate surface area is 123 Å². The van der Waals surface area contributed by atoms with Crippen molar-refractivity contribution < 1.29 is 12.6 Å². The van der Waals surface area contributed by atoms with Crippen molar-refractivity contribution in [2.75, 3.05) is 25.2 Å². The molecular formula is C10H16N4O3S3. The van der Waals surface area contributed by atoms with Gasteiger partial charge in [-0.25, -0.2) is 18.1 Å². The molecule has 2 aromatic heterocycles. The van der Waals surface area contributed by atoms with Crippen LogP contribution in [0.2, 0.25) is 0 Å². The molecule has 10 heteroatoms. The zero-order chi connectivity index (χ0) is 14.9. The molecule has 0 aliphatic rings. The van der Waals surface area contributed by atoms with Crippen LogP contribution in [0.4, 0.5) is 5.82 Å². The number of nitrogens with one attached hydrogen (secondary N) is 2. The monoisotopic (exact) mass is 336 g/mol. The van der Waals surface area contributed by atoms with Crippen LogP contribution < -0.4 is 10.0 Å². The Bertz CT molecular complexity index is 734. The predicted molar refractivity (Wildman–Crippen MR) is 81.3 cm³/mol. The Morgan fingerprint density at radius 3 is 2.85 bits per heavy atom. The second-order valence-corrected chi connectivity index (χ2v) is 8.59. The van der Waals surface area contributed by atoms with Crippen LogP contribution in [-0.2, 0) is 20.8 Å². The molecule has 0 aliphatic carbocycles. The minimum absolute atomic E-state index is 0.0744. The molecule has 2 atom stereocenters. The van der Waals surface area contributed by atoms with Gasteiger partial charge in [0.15, 0.2) is 15.8 Å². The Morgan fingerprint density at radius 1 is 1.55 bits per heavy atom. The molecule has 2 unspecified atom stereocenters. The van der Waals surface area contributed by atoms with Gasteiger partial charge in [-0.2, -0.15) is 0 Å². The molecular weight excluding hydrogens is 320 g/mol. The molecule has 0 saturated heterocycles. The fourth-order valence-electron chi connectivity index (χ4n) is 1.60. The highest BCUT2D eigenvalue weighted by Crippen LogP contribution is 2.25. The summed E-state index contributed by atoms with van der Waals surface area (Å²) in [5.41, 5.74) is 0. The van der Waals surface area contributed by atoms with Gasteiger partial charge in [-0.15, -0.1) is 11.3 Å². The Kier molecular flexibility index (Phi) is 4.47. The lowest BCUT2D eigenvalue weighted by Crippen LogP contribution is -2.33. The molecule has 0 saturated carbocycles. The number of rotatable bonds is 6. The van der Waals surface area contributed by atoms with Gasteiger partial charge < -0.3 is 5.32 Å². The van der Waals surface area contributed by atoms with E-state index in [2.05, 4.69) is 15.0 Å². The molecule has 7 nitrogen and oxygen atoms in total. The lowest BCUT2D eigenvalue weighted by atomic mass is 10.5. The molecule has 2 N–H and O–H groups in total. The predicted octanol–water partition coefficient (Wildman–Crippen LogP) is 0.483. The van der Waals surface area contributed by atoms with Gasteiger partial charge in [-0.05, 0) is 6.92 Å². The number of sulfonamides is 1. The number of aromatic nitrogens is 2. The van der Waals surface area contributed by atoms with Crippen molar-refractivity contribution in [3.63, 3.8) is 0 Å². The summed E-state index contributed by atoms with van der Waals surface area (Å²) in [4.78, 5) is 4.81. The van der Waals surface area contributed by atoms with Crippen LogP contribution in [0.15, 0.2) is 16.6 Å². The van der Waals surface area contributed by atoms with E-state index in [1.165, 1.54) is 15.7 Å². The SMILES string of the molecule is CNc1nc2sccn2c1S(=O)(=O)NCC(C)S(C)=O. The van der Waals surface area contributed by atoms with Gasteiger partial charge in [0.25, 0.3) is 10.0 Å². The van der Waals surface area contributed by atoms with Crippen LogP contribution in [0.25, 0.3) is 4.96 Å². The molecule has 20 heavy (non-hydrogen) atoms. The van der Waals surface area contributed by atoms with Gasteiger partial charge >= 0.3 is 0 Å². The first-order valence-corrected chi connectivity index (χ1v) is 9.80. The van der Waals surface area contributed by atoms with E-state index in [4.69, 9.17) is 0 Å². The molecule has 0 bridgehead atoms. The number of hydrogen-bond donors (Lipinski definition) is 2. The van der Waals surface area contributed by atoms with Crippen molar-refractivity contribution in [3.8, 4) is 0 Å². The van der Waals surface area contributed by atoms with E-state index in [0.29, 0.717) is 10.8 Å². The molecule has 0 fully saturated rings. The minimum atomic E-state index is -3.72. The van der Waals surface area contributed by atoms with Gasteiger partial charge in [-0.1, -0.05) is 0 Å². The molecule has 2 rings (SSSR count). The highest BCUT2D eigenvalue weighted by Gasteiger charge is 2.26. The van der Waals surface area contributed by atoms with Crippen molar-refractivity contribution in [2.24, 2.45) is 0 Å². The van der Waals surface area contributed by atoms with E-state index >= 15 is 0 Å². The van der Waals surface area contributed by atoms with Crippen LogP contribution in [-0.4, -0.2) is 47.1 Å². The lowest BCUT2D eigenvalue weighted by molar-refractivity contribution is 0.576. The second kappa shape index (κ2) is 5.80. The molecule has 2 heterocycles. The number of thiazole rings is 1. The average molecular weight is 336 g/mol. The van der Waals surface area contributed by atoms with Crippen LogP contribution in [0.5, 0.6) is 0 Å². The third kappa shape index (κ3) is 2.87. The van der Waals surface area contributed by atoms with E-state index in [0.717, 1.165) is 0 Å². The number of fused-ring (bicyclic) bond motifs is 1. The highest BCUT2D eigenvalue weighted by atomic mass is 32.2. The molecule has 112 valence electrons. The first-order chi connectivity index (χ1) is 9.36. The quantitative estimate of drug-likeness (QED) is 0.800. The largest absolute Gasteiger partial charge is 0.371 e. The standard InChI is InChI=1S/C10H16N4O3S3/c1-7(19(3)15)6-12-20(16,17)9-8(11-2)13-10-14(9)4-5-18-10/h4-5,7,11-12H,6H2,1-3H3. The number of hydrogen-bond acceptors (Lipinski definition) is 6. The summed E-state index contributed by atoms with van der Waals surface area (Å²) in [7, 11) is -3.19. The van der Waals surface area contributed by atoms with Gasteiger partial charge in [0.05, 0.1) is 0 Å². The maximum Gasteiger partial charge on any atom is 0.260 e. The maximum atomic E-state index is 12.4. The topological polar surface area (TPSA) is 92.6 Å². The Hall–Kier alpha value is -0.970. The molecule has 0 radical (unpaired) electrons. The summed E-state index contributed by atoms with van der Waals surface area (Å²) in [5.74, 6) is 0.301. The van der Waals surface area contributed by atoms with Gasteiger partial charge in [0, 0.05) is 47.5 Å². The summed E-state index contributed by atoms with van der Waals surface area (Å²) < 4.78 is 40.1. The van der Waals surface area contributed by atoms with Crippen molar-refractivity contribution in [1.29, 1.82) is 0 Å². The van der Waals surface area contributed by atoms with E-state index in [1.807, 2.05) is 0 Å². The normalized spacial score (nSPS) is 15.3. The molecule has 0 aliphatic heterocycles. The third-order valence-electron chi connectivity index (χ3n) is 2.84. The van der Waals surface area contributed by atoms with Crippen LogP contribution in [0.3, 0.4) is 0 Å². The van der Waals surface area contributed by atoms with Crippen molar-refractivity contribution in [3.05, 3.63) is 11.6 Å². The molecule has 0 spiro atoms. The maximum absolute atomic E-state index is 12.4. The Morgan fingerprint density at radius 2 is 2.25 bits per heavy atom. The molecule has 0 amide bonds. The fourth-order valence-corrected chi connectivity index (χ4v) is 4.21. The first kappa shape index (κ1) is 15.4.